The van der Waals surface area contributed by atoms with Gasteiger partial charge in [-0.05, 0) is 31.0 Å². The average Bonchev–Trinajstić information content (AvgIpc) is 2.96. The SMILES string of the molecule is CC(C)C1(c2nc3ccccc3o2)CCNC1. The molecule has 2 heterocycles. The van der Waals surface area contributed by atoms with Crippen molar-refractivity contribution < 1.29 is 4.42 Å². The lowest BCUT2D eigenvalue weighted by molar-refractivity contribution is 0.269. The second-order valence-corrected chi connectivity index (χ2v) is 5.22. The van der Waals surface area contributed by atoms with E-state index in [1.165, 1.54) is 0 Å². The summed E-state index contributed by atoms with van der Waals surface area (Å²) in [7, 11) is 0. The summed E-state index contributed by atoms with van der Waals surface area (Å²) >= 11 is 0. The minimum absolute atomic E-state index is 0.0685. The quantitative estimate of drug-likeness (QED) is 0.862. The number of oxazole rings is 1. The van der Waals surface area contributed by atoms with Gasteiger partial charge in [-0.2, -0.15) is 0 Å². The highest BCUT2D eigenvalue weighted by Crippen LogP contribution is 2.38. The number of hydrogen-bond acceptors (Lipinski definition) is 3. The summed E-state index contributed by atoms with van der Waals surface area (Å²) in [6.07, 6.45) is 1.11. The molecule has 1 N–H and O–H groups in total. The van der Waals surface area contributed by atoms with Crippen LogP contribution in [0.4, 0.5) is 0 Å². The first-order valence-corrected chi connectivity index (χ1v) is 6.29. The molecule has 17 heavy (non-hydrogen) atoms. The van der Waals surface area contributed by atoms with Crippen LogP contribution in [0.1, 0.15) is 26.2 Å². The second-order valence-electron chi connectivity index (χ2n) is 5.22. The van der Waals surface area contributed by atoms with E-state index in [2.05, 4.69) is 24.1 Å². The largest absolute Gasteiger partial charge is 0.440 e. The van der Waals surface area contributed by atoms with E-state index < -0.39 is 0 Å². The van der Waals surface area contributed by atoms with Crippen LogP contribution in [0.25, 0.3) is 11.1 Å². The van der Waals surface area contributed by atoms with Gasteiger partial charge < -0.3 is 9.73 Å². The van der Waals surface area contributed by atoms with Crippen LogP contribution in [0.2, 0.25) is 0 Å². The van der Waals surface area contributed by atoms with Crippen molar-refractivity contribution in [1.82, 2.24) is 10.3 Å². The normalized spacial score (nSPS) is 24.9. The summed E-state index contributed by atoms with van der Waals surface area (Å²) in [5.41, 5.74) is 1.93. The molecule has 0 saturated carbocycles. The van der Waals surface area contributed by atoms with E-state index in [1.54, 1.807) is 0 Å². The first-order chi connectivity index (χ1) is 8.22. The van der Waals surface area contributed by atoms with Gasteiger partial charge in [0.05, 0.1) is 5.41 Å². The molecule has 0 aliphatic carbocycles. The Morgan fingerprint density at radius 3 is 2.82 bits per heavy atom. The van der Waals surface area contributed by atoms with Crippen molar-refractivity contribution in [3.63, 3.8) is 0 Å². The number of fused-ring (bicyclic) bond motifs is 1. The second kappa shape index (κ2) is 3.84. The van der Waals surface area contributed by atoms with Crippen LogP contribution in [0.5, 0.6) is 0 Å². The van der Waals surface area contributed by atoms with Crippen LogP contribution in [-0.4, -0.2) is 18.1 Å². The lowest BCUT2D eigenvalue weighted by Gasteiger charge is -2.28. The molecule has 1 saturated heterocycles. The minimum Gasteiger partial charge on any atom is -0.440 e. The van der Waals surface area contributed by atoms with Crippen molar-refractivity contribution in [2.24, 2.45) is 5.92 Å². The molecule has 1 fully saturated rings. The highest BCUT2D eigenvalue weighted by atomic mass is 16.3. The zero-order chi connectivity index (χ0) is 11.9. The molecule has 1 unspecified atom stereocenters. The average molecular weight is 230 g/mol. The van der Waals surface area contributed by atoms with Gasteiger partial charge in [0.15, 0.2) is 5.58 Å². The lowest BCUT2D eigenvalue weighted by atomic mass is 9.76. The van der Waals surface area contributed by atoms with Crippen LogP contribution in [0, 0.1) is 5.92 Å². The molecule has 90 valence electrons. The van der Waals surface area contributed by atoms with Crippen molar-refractivity contribution in [2.45, 2.75) is 25.7 Å². The van der Waals surface area contributed by atoms with E-state index in [0.717, 1.165) is 36.5 Å². The smallest absolute Gasteiger partial charge is 0.203 e. The maximum Gasteiger partial charge on any atom is 0.203 e. The van der Waals surface area contributed by atoms with Crippen LogP contribution < -0.4 is 5.32 Å². The van der Waals surface area contributed by atoms with Crippen LogP contribution >= 0.6 is 0 Å². The zero-order valence-electron chi connectivity index (χ0n) is 10.4. The van der Waals surface area contributed by atoms with E-state index >= 15 is 0 Å². The first kappa shape index (κ1) is 10.8. The Kier molecular flexibility index (Phi) is 2.44. The predicted molar refractivity (Wildman–Crippen MR) is 68.0 cm³/mol. The van der Waals surface area contributed by atoms with Crippen LogP contribution in [0.15, 0.2) is 28.7 Å². The van der Waals surface area contributed by atoms with Gasteiger partial charge in [-0.1, -0.05) is 26.0 Å². The lowest BCUT2D eigenvalue weighted by Crippen LogP contribution is -2.35. The standard InChI is InChI=1S/C14H18N2O/c1-10(2)14(7-8-15-9-14)13-16-11-5-3-4-6-12(11)17-13/h3-6,10,15H,7-9H2,1-2H3. The number of nitrogens with one attached hydrogen (secondary N) is 1. The number of hydrogen-bond donors (Lipinski definition) is 1. The maximum atomic E-state index is 5.97. The fourth-order valence-corrected chi connectivity index (χ4v) is 2.72. The summed E-state index contributed by atoms with van der Waals surface area (Å²) in [5, 5.41) is 3.44. The Morgan fingerprint density at radius 1 is 1.35 bits per heavy atom. The molecule has 1 aromatic carbocycles. The third-order valence-corrected chi connectivity index (χ3v) is 4.01. The maximum absolute atomic E-state index is 5.97. The summed E-state index contributed by atoms with van der Waals surface area (Å²) in [5.74, 6) is 1.43. The predicted octanol–water partition coefficient (Wildman–Crippen LogP) is 2.71. The number of para-hydroxylation sites is 2. The Hall–Kier alpha value is -1.35. The van der Waals surface area contributed by atoms with Crippen molar-refractivity contribution in [3.05, 3.63) is 30.2 Å². The van der Waals surface area contributed by atoms with E-state index in [4.69, 9.17) is 4.42 Å². The third-order valence-electron chi connectivity index (χ3n) is 4.01. The molecule has 3 heteroatoms. The third kappa shape index (κ3) is 1.57. The molecule has 0 amide bonds. The molecule has 1 aliphatic heterocycles. The van der Waals surface area contributed by atoms with Gasteiger partial charge >= 0.3 is 0 Å². The van der Waals surface area contributed by atoms with E-state index in [-0.39, 0.29) is 5.41 Å². The Labute approximate surface area is 101 Å². The molecule has 3 rings (SSSR count). The minimum atomic E-state index is 0.0685. The highest BCUT2D eigenvalue weighted by molar-refractivity contribution is 5.72. The van der Waals surface area contributed by atoms with Crippen molar-refractivity contribution in [3.8, 4) is 0 Å². The molecule has 0 radical (unpaired) electrons. The zero-order valence-corrected chi connectivity index (χ0v) is 10.4. The molecule has 1 aliphatic rings. The molecule has 0 spiro atoms. The van der Waals surface area contributed by atoms with Crippen LogP contribution in [-0.2, 0) is 5.41 Å². The fourth-order valence-electron chi connectivity index (χ4n) is 2.72. The Morgan fingerprint density at radius 2 is 2.18 bits per heavy atom. The van der Waals surface area contributed by atoms with Gasteiger partial charge in [-0.15, -0.1) is 0 Å². The van der Waals surface area contributed by atoms with Crippen molar-refractivity contribution in [2.75, 3.05) is 13.1 Å². The molecule has 3 nitrogen and oxygen atoms in total. The van der Waals surface area contributed by atoms with Crippen LogP contribution in [0.3, 0.4) is 0 Å². The molecular formula is C14H18N2O. The van der Waals surface area contributed by atoms with Gasteiger partial charge in [0.25, 0.3) is 0 Å². The summed E-state index contributed by atoms with van der Waals surface area (Å²) in [6, 6.07) is 8.00. The molecule has 0 bridgehead atoms. The van der Waals surface area contributed by atoms with Gasteiger partial charge in [0.1, 0.15) is 5.52 Å². The topological polar surface area (TPSA) is 38.1 Å². The van der Waals surface area contributed by atoms with Crippen molar-refractivity contribution in [1.29, 1.82) is 0 Å². The molecule has 2 aromatic rings. The Balaban J connectivity index is 2.12. The number of benzene rings is 1. The molecule has 1 aromatic heterocycles. The summed E-state index contributed by atoms with van der Waals surface area (Å²) < 4.78 is 5.97. The molecule has 1 atom stereocenters. The fraction of sp³-hybridized carbons (Fsp3) is 0.500. The van der Waals surface area contributed by atoms with Gasteiger partial charge in [-0.3, -0.25) is 0 Å². The first-order valence-electron chi connectivity index (χ1n) is 6.29. The summed E-state index contributed by atoms with van der Waals surface area (Å²) in [6.45, 7) is 6.53. The van der Waals surface area contributed by atoms with E-state index in [0.29, 0.717) is 5.92 Å². The van der Waals surface area contributed by atoms with Gasteiger partial charge in [-0.25, -0.2) is 4.98 Å². The number of rotatable bonds is 2. The monoisotopic (exact) mass is 230 g/mol. The van der Waals surface area contributed by atoms with Gasteiger partial charge in [0.2, 0.25) is 5.89 Å². The van der Waals surface area contributed by atoms with Crippen molar-refractivity contribution >= 4 is 11.1 Å². The number of nitrogens with zero attached hydrogens (tertiary/aromatic N) is 1. The van der Waals surface area contributed by atoms with E-state index in [1.807, 2.05) is 24.3 Å². The number of aromatic nitrogens is 1. The summed E-state index contributed by atoms with van der Waals surface area (Å²) in [4.78, 5) is 4.68. The van der Waals surface area contributed by atoms with E-state index in [9.17, 15) is 0 Å². The highest BCUT2D eigenvalue weighted by Gasteiger charge is 2.42. The Bertz CT molecular complexity index is 491. The molecular weight excluding hydrogens is 212 g/mol. The van der Waals surface area contributed by atoms with Gasteiger partial charge in [0, 0.05) is 6.54 Å².